The second-order valence-corrected chi connectivity index (χ2v) is 2.97. The Hall–Kier alpha value is -0.510. The summed E-state index contributed by atoms with van der Waals surface area (Å²) in [6.07, 6.45) is 4.02. The number of ether oxygens (including phenoxy) is 1. The lowest BCUT2D eigenvalue weighted by molar-refractivity contribution is -0.134. The predicted molar refractivity (Wildman–Crippen MR) is 41.4 cm³/mol. The van der Waals surface area contributed by atoms with Crippen molar-refractivity contribution >= 4 is 24.1 Å². The van der Waals surface area contributed by atoms with Crippen LogP contribution in [0.25, 0.3) is 0 Å². The van der Waals surface area contributed by atoms with E-state index in [2.05, 4.69) is 9.73 Å². The Morgan fingerprint density at radius 3 is 3.20 bits per heavy atom. The van der Waals surface area contributed by atoms with Gasteiger partial charge in [-0.1, -0.05) is 0 Å². The highest BCUT2D eigenvalue weighted by Crippen LogP contribution is 2.08. The average Bonchev–Trinajstić information content (AvgIpc) is 2.31. The molecule has 1 rings (SSSR count). The van der Waals surface area contributed by atoms with Gasteiger partial charge in [0.25, 0.3) is 0 Å². The molecule has 10 heavy (non-hydrogen) atoms. The van der Waals surface area contributed by atoms with Crippen molar-refractivity contribution in [1.29, 1.82) is 0 Å². The van der Waals surface area contributed by atoms with Crippen LogP contribution in [-0.2, 0) is 9.53 Å². The van der Waals surface area contributed by atoms with Crippen LogP contribution >= 0.6 is 11.8 Å². The van der Waals surface area contributed by atoms with E-state index in [-0.39, 0.29) is 12.0 Å². The van der Waals surface area contributed by atoms with E-state index in [1.807, 2.05) is 6.26 Å². The number of hydrogen-bond donors (Lipinski definition) is 0. The van der Waals surface area contributed by atoms with Gasteiger partial charge in [0.05, 0.1) is 0 Å². The van der Waals surface area contributed by atoms with Crippen LogP contribution in [0.3, 0.4) is 0 Å². The lowest BCUT2D eigenvalue weighted by Crippen LogP contribution is -2.14. The van der Waals surface area contributed by atoms with Crippen molar-refractivity contribution in [2.75, 3.05) is 12.0 Å². The maximum atomic E-state index is 10.7. The molecule has 56 valence electrons. The first kappa shape index (κ1) is 7.60. The van der Waals surface area contributed by atoms with Gasteiger partial charge in [-0.2, -0.15) is 11.8 Å². The summed E-state index contributed by atoms with van der Waals surface area (Å²) in [4.78, 5) is 14.6. The third-order valence-electron chi connectivity index (χ3n) is 1.28. The summed E-state index contributed by atoms with van der Waals surface area (Å²) in [6, 6.07) is -0.229. The number of hydrogen-bond acceptors (Lipinski definition) is 4. The molecular weight excluding hydrogens is 150 g/mol. The van der Waals surface area contributed by atoms with Gasteiger partial charge in [0.2, 0.25) is 0 Å². The first-order chi connectivity index (χ1) is 4.84. The number of rotatable bonds is 3. The number of cyclic esters (lactones) is 1. The van der Waals surface area contributed by atoms with E-state index in [1.54, 1.807) is 11.8 Å². The Morgan fingerprint density at radius 1 is 1.90 bits per heavy atom. The van der Waals surface area contributed by atoms with Crippen molar-refractivity contribution in [3.8, 4) is 0 Å². The quantitative estimate of drug-likeness (QED) is 0.569. The smallest absolute Gasteiger partial charge is 0.337 e. The molecule has 0 bridgehead atoms. The lowest BCUT2D eigenvalue weighted by Gasteiger charge is -1.99. The minimum absolute atomic E-state index is 0.214. The fourth-order valence-corrected chi connectivity index (χ4v) is 1.18. The molecule has 1 unspecified atom stereocenters. The fourth-order valence-electron chi connectivity index (χ4n) is 0.717. The van der Waals surface area contributed by atoms with E-state index < -0.39 is 0 Å². The van der Waals surface area contributed by atoms with Crippen LogP contribution in [-0.4, -0.2) is 30.4 Å². The van der Waals surface area contributed by atoms with Crippen LogP contribution in [0.5, 0.6) is 0 Å². The van der Waals surface area contributed by atoms with Crippen molar-refractivity contribution < 1.29 is 9.53 Å². The normalized spacial score (nSPS) is 23.3. The van der Waals surface area contributed by atoms with Gasteiger partial charge in [-0.3, -0.25) is 0 Å². The molecular formula is C6H9NO2S. The summed E-state index contributed by atoms with van der Waals surface area (Å²) >= 11 is 1.71. The summed E-state index contributed by atoms with van der Waals surface area (Å²) in [6.45, 7) is 0. The van der Waals surface area contributed by atoms with Gasteiger partial charge < -0.3 is 4.74 Å². The SMILES string of the molecule is CSCCC1N=COC1=O. The summed E-state index contributed by atoms with van der Waals surface area (Å²) in [5.41, 5.74) is 0. The molecule has 0 saturated carbocycles. The van der Waals surface area contributed by atoms with Crippen molar-refractivity contribution in [3.05, 3.63) is 0 Å². The molecule has 0 amide bonds. The minimum atomic E-state index is -0.229. The third kappa shape index (κ3) is 1.73. The van der Waals surface area contributed by atoms with E-state index in [4.69, 9.17) is 0 Å². The third-order valence-corrected chi connectivity index (χ3v) is 1.92. The van der Waals surface area contributed by atoms with Gasteiger partial charge in [-0.15, -0.1) is 0 Å². The van der Waals surface area contributed by atoms with Crippen molar-refractivity contribution in [3.63, 3.8) is 0 Å². The summed E-state index contributed by atoms with van der Waals surface area (Å²) in [7, 11) is 0. The molecule has 0 aliphatic carbocycles. The Morgan fingerprint density at radius 2 is 2.70 bits per heavy atom. The maximum absolute atomic E-state index is 10.7. The Bertz CT molecular complexity index is 158. The van der Waals surface area contributed by atoms with Gasteiger partial charge in [-0.05, 0) is 18.4 Å². The standard InChI is InChI=1S/C6H9NO2S/c1-10-3-2-5-6(8)9-4-7-5/h4-5H,2-3H2,1H3. The van der Waals surface area contributed by atoms with Crippen LogP contribution in [0.2, 0.25) is 0 Å². The molecule has 0 aromatic carbocycles. The molecule has 3 nitrogen and oxygen atoms in total. The molecule has 0 radical (unpaired) electrons. The molecule has 0 aromatic rings. The molecule has 1 aliphatic rings. The minimum Gasteiger partial charge on any atom is -0.413 e. The van der Waals surface area contributed by atoms with E-state index >= 15 is 0 Å². The van der Waals surface area contributed by atoms with E-state index in [9.17, 15) is 4.79 Å². The highest BCUT2D eigenvalue weighted by molar-refractivity contribution is 7.98. The molecule has 0 fully saturated rings. The van der Waals surface area contributed by atoms with Crippen molar-refractivity contribution in [2.24, 2.45) is 4.99 Å². The van der Waals surface area contributed by atoms with Gasteiger partial charge in [0.15, 0.2) is 12.4 Å². The van der Waals surface area contributed by atoms with Crippen molar-refractivity contribution in [1.82, 2.24) is 0 Å². The van der Waals surface area contributed by atoms with Gasteiger partial charge in [0, 0.05) is 0 Å². The Labute approximate surface area is 63.9 Å². The number of nitrogens with zero attached hydrogens (tertiary/aromatic N) is 1. The molecule has 0 aromatic heterocycles. The Kier molecular flexibility index (Phi) is 2.74. The number of carbonyl (C=O) groups is 1. The highest BCUT2D eigenvalue weighted by Gasteiger charge is 2.21. The molecule has 1 aliphatic heterocycles. The van der Waals surface area contributed by atoms with Crippen LogP contribution < -0.4 is 0 Å². The topological polar surface area (TPSA) is 38.7 Å². The van der Waals surface area contributed by atoms with Crippen LogP contribution in [0.1, 0.15) is 6.42 Å². The number of carbonyl (C=O) groups excluding carboxylic acids is 1. The van der Waals surface area contributed by atoms with Gasteiger partial charge >= 0.3 is 5.97 Å². The fraction of sp³-hybridized carbons (Fsp3) is 0.667. The Balaban J connectivity index is 2.27. The number of esters is 1. The summed E-state index contributed by atoms with van der Waals surface area (Å²) in [5.74, 6) is 0.742. The van der Waals surface area contributed by atoms with Gasteiger partial charge in [0.1, 0.15) is 0 Å². The zero-order valence-electron chi connectivity index (χ0n) is 5.74. The second-order valence-electron chi connectivity index (χ2n) is 1.99. The first-order valence-corrected chi connectivity index (χ1v) is 4.45. The van der Waals surface area contributed by atoms with Crippen LogP contribution in [0.15, 0.2) is 4.99 Å². The predicted octanol–water partition coefficient (Wildman–Crippen LogP) is 0.693. The lowest BCUT2D eigenvalue weighted by atomic mass is 10.2. The summed E-state index contributed by atoms with van der Waals surface area (Å²) < 4.78 is 4.52. The number of aliphatic imine (C=N–C) groups is 1. The number of thioether (sulfide) groups is 1. The maximum Gasteiger partial charge on any atom is 0.337 e. The zero-order chi connectivity index (χ0) is 7.40. The highest BCUT2D eigenvalue weighted by atomic mass is 32.2. The average molecular weight is 159 g/mol. The molecule has 0 saturated heterocycles. The van der Waals surface area contributed by atoms with E-state index in [0.717, 1.165) is 12.2 Å². The van der Waals surface area contributed by atoms with Crippen molar-refractivity contribution in [2.45, 2.75) is 12.5 Å². The van der Waals surface area contributed by atoms with Crippen LogP contribution in [0, 0.1) is 0 Å². The molecule has 1 atom stereocenters. The van der Waals surface area contributed by atoms with E-state index in [1.165, 1.54) is 6.40 Å². The second kappa shape index (κ2) is 3.61. The zero-order valence-corrected chi connectivity index (χ0v) is 6.56. The van der Waals surface area contributed by atoms with Crippen LogP contribution in [0.4, 0.5) is 0 Å². The van der Waals surface area contributed by atoms with E-state index in [0.29, 0.717) is 0 Å². The molecule has 1 heterocycles. The molecule has 0 spiro atoms. The molecule has 0 N–H and O–H groups in total. The monoisotopic (exact) mass is 159 g/mol. The molecule has 4 heteroatoms. The largest absolute Gasteiger partial charge is 0.413 e. The van der Waals surface area contributed by atoms with Gasteiger partial charge in [-0.25, -0.2) is 9.79 Å². The summed E-state index contributed by atoms with van der Waals surface area (Å²) in [5, 5.41) is 0. The first-order valence-electron chi connectivity index (χ1n) is 3.05.